The number of rotatable bonds is 7. The molecule has 0 saturated heterocycles. The van der Waals surface area contributed by atoms with Crippen LogP contribution >= 0.6 is 0 Å². The van der Waals surface area contributed by atoms with Crippen LogP contribution in [-0.2, 0) is 25.9 Å². The largest absolute Gasteiger partial charge is 0.489 e. The predicted molar refractivity (Wildman–Crippen MR) is 100.0 cm³/mol. The minimum atomic E-state index is 0.427. The van der Waals surface area contributed by atoms with Crippen LogP contribution in [0.3, 0.4) is 0 Å². The second-order valence-corrected chi connectivity index (χ2v) is 6.26. The van der Waals surface area contributed by atoms with Gasteiger partial charge in [-0.25, -0.2) is 0 Å². The van der Waals surface area contributed by atoms with E-state index in [1.54, 1.807) is 0 Å². The normalized spacial score (nSPS) is 16.2. The second-order valence-electron chi connectivity index (χ2n) is 6.26. The number of ether oxygens (including phenoxy) is 1. The van der Waals surface area contributed by atoms with Crippen molar-refractivity contribution in [2.45, 2.75) is 45.8 Å². The third-order valence-corrected chi connectivity index (χ3v) is 4.60. The SMILES string of the molecule is CCc1cc(OCc2ccccc2)cc(CC)c1CC1CN=CN1. The Labute approximate surface area is 144 Å². The van der Waals surface area contributed by atoms with Crippen LogP contribution in [0.4, 0.5) is 0 Å². The van der Waals surface area contributed by atoms with Crippen molar-refractivity contribution < 1.29 is 4.74 Å². The zero-order valence-corrected chi connectivity index (χ0v) is 14.6. The van der Waals surface area contributed by atoms with Gasteiger partial charge in [-0.05, 0) is 53.6 Å². The Hall–Kier alpha value is -2.29. The van der Waals surface area contributed by atoms with E-state index < -0.39 is 0 Å². The molecule has 0 aromatic heterocycles. The van der Waals surface area contributed by atoms with Crippen LogP contribution in [0.5, 0.6) is 5.75 Å². The van der Waals surface area contributed by atoms with Crippen LogP contribution in [-0.4, -0.2) is 18.9 Å². The zero-order chi connectivity index (χ0) is 16.8. The van der Waals surface area contributed by atoms with E-state index in [0.717, 1.165) is 31.6 Å². The lowest BCUT2D eigenvalue weighted by atomic mass is 9.92. The molecule has 1 aliphatic rings. The van der Waals surface area contributed by atoms with E-state index in [-0.39, 0.29) is 0 Å². The van der Waals surface area contributed by atoms with Gasteiger partial charge in [0.05, 0.1) is 18.9 Å². The first-order chi connectivity index (χ1) is 11.8. The highest BCUT2D eigenvalue weighted by Gasteiger charge is 2.17. The molecule has 0 fully saturated rings. The van der Waals surface area contributed by atoms with Crippen molar-refractivity contribution in [1.29, 1.82) is 0 Å². The first-order valence-electron chi connectivity index (χ1n) is 8.85. The van der Waals surface area contributed by atoms with Gasteiger partial charge in [0.1, 0.15) is 12.4 Å². The number of hydrogen-bond donors (Lipinski definition) is 1. The van der Waals surface area contributed by atoms with Crippen molar-refractivity contribution in [3.05, 3.63) is 64.7 Å². The van der Waals surface area contributed by atoms with Crippen LogP contribution in [0.1, 0.15) is 36.1 Å². The fourth-order valence-corrected chi connectivity index (χ4v) is 3.24. The second kappa shape index (κ2) is 8.00. The molecule has 1 atom stereocenters. The molecule has 0 radical (unpaired) electrons. The molecule has 3 nitrogen and oxygen atoms in total. The highest BCUT2D eigenvalue weighted by atomic mass is 16.5. The fraction of sp³-hybridized carbons (Fsp3) is 0.381. The number of nitrogens with one attached hydrogen (secondary N) is 1. The Kier molecular flexibility index (Phi) is 5.52. The predicted octanol–water partition coefficient (Wildman–Crippen LogP) is 3.93. The number of aryl methyl sites for hydroxylation is 2. The van der Waals surface area contributed by atoms with Crippen LogP contribution in [0, 0.1) is 0 Å². The van der Waals surface area contributed by atoms with Crippen LogP contribution in [0.2, 0.25) is 0 Å². The summed E-state index contributed by atoms with van der Waals surface area (Å²) in [6, 6.07) is 15.2. The number of benzene rings is 2. The van der Waals surface area contributed by atoms with Crippen molar-refractivity contribution in [1.82, 2.24) is 5.32 Å². The average molecular weight is 322 g/mol. The highest BCUT2D eigenvalue weighted by molar-refractivity contribution is 5.57. The molecule has 126 valence electrons. The lowest BCUT2D eigenvalue weighted by molar-refractivity contribution is 0.305. The summed E-state index contributed by atoms with van der Waals surface area (Å²) in [6.45, 7) is 5.93. The zero-order valence-electron chi connectivity index (χ0n) is 14.6. The maximum atomic E-state index is 6.06. The van der Waals surface area contributed by atoms with E-state index in [0.29, 0.717) is 12.6 Å². The van der Waals surface area contributed by atoms with Gasteiger partial charge in [0.25, 0.3) is 0 Å². The molecule has 2 aromatic rings. The van der Waals surface area contributed by atoms with E-state index in [2.05, 4.69) is 48.4 Å². The summed E-state index contributed by atoms with van der Waals surface area (Å²) in [7, 11) is 0. The van der Waals surface area contributed by atoms with Crippen LogP contribution in [0.15, 0.2) is 47.5 Å². The summed E-state index contributed by atoms with van der Waals surface area (Å²) >= 11 is 0. The molecule has 0 aliphatic carbocycles. The Balaban J connectivity index is 1.78. The topological polar surface area (TPSA) is 33.6 Å². The van der Waals surface area contributed by atoms with E-state index in [9.17, 15) is 0 Å². The molecular formula is C21H26N2O. The quantitative estimate of drug-likeness (QED) is 0.838. The minimum Gasteiger partial charge on any atom is -0.489 e. The maximum absolute atomic E-state index is 6.06. The first kappa shape index (κ1) is 16.6. The molecule has 1 unspecified atom stereocenters. The van der Waals surface area contributed by atoms with E-state index in [1.165, 1.54) is 22.3 Å². The molecule has 0 spiro atoms. The van der Waals surface area contributed by atoms with E-state index in [4.69, 9.17) is 4.74 Å². The maximum Gasteiger partial charge on any atom is 0.120 e. The monoisotopic (exact) mass is 322 g/mol. The number of nitrogens with zero attached hydrogens (tertiary/aromatic N) is 1. The van der Waals surface area contributed by atoms with Gasteiger partial charge in [-0.2, -0.15) is 0 Å². The van der Waals surface area contributed by atoms with Gasteiger partial charge < -0.3 is 10.1 Å². The molecule has 3 rings (SSSR count). The van der Waals surface area contributed by atoms with Crippen molar-refractivity contribution in [3.8, 4) is 5.75 Å². The summed E-state index contributed by atoms with van der Waals surface area (Å²) in [4.78, 5) is 4.29. The van der Waals surface area contributed by atoms with Crippen LogP contribution in [0.25, 0.3) is 0 Å². The van der Waals surface area contributed by atoms with E-state index >= 15 is 0 Å². The summed E-state index contributed by atoms with van der Waals surface area (Å²) in [6.07, 6.45) is 4.92. The Morgan fingerprint density at radius 2 is 1.79 bits per heavy atom. The van der Waals surface area contributed by atoms with Gasteiger partial charge in [0.2, 0.25) is 0 Å². The molecule has 0 amide bonds. The first-order valence-corrected chi connectivity index (χ1v) is 8.85. The number of aliphatic imine (C=N–C) groups is 1. The summed E-state index contributed by atoms with van der Waals surface area (Å²) in [5.74, 6) is 0.979. The molecule has 0 bridgehead atoms. The smallest absolute Gasteiger partial charge is 0.120 e. The molecule has 1 aliphatic heterocycles. The fourth-order valence-electron chi connectivity index (χ4n) is 3.24. The van der Waals surface area contributed by atoms with Crippen molar-refractivity contribution in [2.24, 2.45) is 4.99 Å². The van der Waals surface area contributed by atoms with Crippen LogP contribution < -0.4 is 10.1 Å². The third-order valence-electron chi connectivity index (χ3n) is 4.60. The van der Waals surface area contributed by atoms with Gasteiger partial charge in [0.15, 0.2) is 0 Å². The molecule has 2 aromatic carbocycles. The highest BCUT2D eigenvalue weighted by Crippen LogP contribution is 2.26. The Morgan fingerprint density at radius 3 is 2.38 bits per heavy atom. The molecule has 1 heterocycles. The molecule has 1 N–H and O–H groups in total. The summed E-state index contributed by atoms with van der Waals surface area (Å²) in [5.41, 5.74) is 5.46. The van der Waals surface area contributed by atoms with Gasteiger partial charge >= 0.3 is 0 Å². The summed E-state index contributed by atoms with van der Waals surface area (Å²) < 4.78 is 6.06. The van der Waals surface area contributed by atoms with Gasteiger partial charge in [-0.15, -0.1) is 0 Å². The minimum absolute atomic E-state index is 0.427. The van der Waals surface area contributed by atoms with Crippen molar-refractivity contribution in [2.75, 3.05) is 6.54 Å². The number of hydrogen-bond acceptors (Lipinski definition) is 3. The standard InChI is InChI=1S/C21H26N2O/c1-3-17-10-20(24-14-16-8-6-5-7-9-16)11-18(4-2)21(17)12-19-13-22-15-23-19/h5-11,15,19H,3-4,12-14H2,1-2H3,(H,22,23). The molecule has 0 saturated carbocycles. The Morgan fingerprint density at radius 1 is 1.08 bits per heavy atom. The summed E-state index contributed by atoms with van der Waals surface area (Å²) in [5, 5.41) is 3.35. The lowest BCUT2D eigenvalue weighted by Gasteiger charge is -2.19. The average Bonchev–Trinajstić information content (AvgIpc) is 3.14. The van der Waals surface area contributed by atoms with Gasteiger partial charge in [-0.1, -0.05) is 44.2 Å². The van der Waals surface area contributed by atoms with Crippen molar-refractivity contribution in [3.63, 3.8) is 0 Å². The lowest BCUT2D eigenvalue weighted by Crippen LogP contribution is -2.28. The molecule has 24 heavy (non-hydrogen) atoms. The third kappa shape index (κ3) is 3.97. The Bertz CT molecular complexity index is 661. The molecule has 3 heteroatoms. The van der Waals surface area contributed by atoms with Gasteiger partial charge in [0, 0.05) is 0 Å². The molecular weight excluding hydrogens is 296 g/mol. The van der Waals surface area contributed by atoms with Crippen molar-refractivity contribution >= 4 is 6.34 Å². The van der Waals surface area contributed by atoms with E-state index in [1.807, 2.05) is 24.5 Å². The van der Waals surface area contributed by atoms with Gasteiger partial charge in [-0.3, -0.25) is 4.99 Å².